The Morgan fingerprint density at radius 2 is 1.75 bits per heavy atom. The number of hydroxylamine groups is 1. The molecule has 1 atom stereocenters. The minimum Gasteiger partial charge on any atom is -0.480 e. The number of halogens is 2. The first-order chi connectivity index (χ1) is 9.62. The van der Waals surface area contributed by atoms with E-state index in [1.165, 1.54) is 0 Å². The molecule has 3 N–H and O–H groups in total. The molecule has 112 valence electrons. The second-order valence-corrected chi connectivity index (χ2v) is 5.01. The molecule has 1 unspecified atom stereocenters. The zero-order chi connectivity index (χ0) is 15.0. The van der Waals surface area contributed by atoms with Gasteiger partial charge in [0.25, 0.3) is 0 Å². The Bertz CT molecular complexity index is 409. The van der Waals surface area contributed by atoms with Crippen LogP contribution in [0.5, 0.6) is 0 Å². The summed E-state index contributed by atoms with van der Waals surface area (Å²) in [7, 11) is 0. The maximum atomic E-state index is 10.8. The van der Waals surface area contributed by atoms with Gasteiger partial charge in [-0.2, -0.15) is 5.48 Å². The van der Waals surface area contributed by atoms with Crippen molar-refractivity contribution in [3.05, 3.63) is 29.8 Å². The smallest absolute Gasteiger partial charge is 0.323 e. The first-order valence-electron chi connectivity index (χ1n) is 6.20. The van der Waals surface area contributed by atoms with Crippen molar-refractivity contribution in [3.8, 4) is 0 Å². The lowest BCUT2D eigenvalue weighted by molar-refractivity contribution is -0.142. The third-order valence-corrected chi connectivity index (χ3v) is 3.24. The van der Waals surface area contributed by atoms with Crippen molar-refractivity contribution in [1.29, 1.82) is 0 Å². The monoisotopic (exact) mass is 320 g/mol. The Balaban J connectivity index is 2.73. The van der Waals surface area contributed by atoms with Gasteiger partial charge in [-0.05, 0) is 17.7 Å². The van der Waals surface area contributed by atoms with E-state index in [1.807, 2.05) is 24.3 Å². The van der Waals surface area contributed by atoms with E-state index in [4.69, 9.17) is 33.5 Å². The largest absolute Gasteiger partial charge is 0.480 e. The summed E-state index contributed by atoms with van der Waals surface area (Å²) in [6.07, 6.45) is 0.205. The molecule has 7 heteroatoms. The van der Waals surface area contributed by atoms with Gasteiger partial charge in [0.1, 0.15) is 6.04 Å². The van der Waals surface area contributed by atoms with Gasteiger partial charge < -0.3 is 15.2 Å². The molecule has 0 radical (unpaired) electrons. The van der Waals surface area contributed by atoms with E-state index in [-0.39, 0.29) is 6.42 Å². The summed E-state index contributed by atoms with van der Waals surface area (Å²) >= 11 is 11.5. The summed E-state index contributed by atoms with van der Waals surface area (Å²) in [5, 5.41) is 17.6. The predicted octanol–water partition coefficient (Wildman–Crippen LogP) is 1.95. The van der Waals surface area contributed by atoms with Gasteiger partial charge in [-0.3, -0.25) is 4.79 Å². The van der Waals surface area contributed by atoms with Crippen LogP contribution in [0, 0.1) is 0 Å². The summed E-state index contributed by atoms with van der Waals surface area (Å²) in [5.74, 6) is -0.0787. The van der Waals surface area contributed by atoms with Gasteiger partial charge in [0.05, 0.1) is 0 Å². The first kappa shape index (κ1) is 17.0. The molecule has 20 heavy (non-hydrogen) atoms. The standard InChI is InChI=1S/C13H18Cl2N2O3/c14-5-7-17(8-6-15)11-3-1-10(2-4-11)9-12(16-20)13(18)19/h1-4,12,16,20H,5-9H2,(H,18,19). The van der Waals surface area contributed by atoms with Crippen LogP contribution in [-0.4, -0.2) is 47.2 Å². The summed E-state index contributed by atoms with van der Waals surface area (Å²) in [6, 6.07) is 6.44. The number of carboxylic acid groups (broad SMARTS) is 1. The Morgan fingerprint density at radius 1 is 1.20 bits per heavy atom. The fourth-order valence-electron chi connectivity index (χ4n) is 1.84. The summed E-state index contributed by atoms with van der Waals surface area (Å²) < 4.78 is 0. The highest BCUT2D eigenvalue weighted by atomic mass is 35.5. The average molecular weight is 321 g/mol. The minimum atomic E-state index is -1.09. The number of carbonyl (C=O) groups is 1. The number of nitrogens with one attached hydrogen (secondary N) is 1. The molecule has 0 aliphatic rings. The minimum absolute atomic E-state index is 0.205. The third-order valence-electron chi connectivity index (χ3n) is 2.90. The normalized spacial score (nSPS) is 12.2. The number of benzene rings is 1. The molecule has 5 nitrogen and oxygen atoms in total. The molecule has 0 amide bonds. The van der Waals surface area contributed by atoms with Crippen molar-refractivity contribution < 1.29 is 15.1 Å². The molecule has 1 aromatic rings. The van der Waals surface area contributed by atoms with Crippen LogP contribution in [-0.2, 0) is 11.2 Å². The fraction of sp³-hybridized carbons (Fsp3) is 0.462. The molecule has 0 bridgehead atoms. The molecule has 0 saturated heterocycles. The highest BCUT2D eigenvalue weighted by Crippen LogP contribution is 2.16. The number of hydrogen-bond acceptors (Lipinski definition) is 4. The number of rotatable bonds is 9. The second kappa shape index (κ2) is 9.02. The number of hydrogen-bond donors (Lipinski definition) is 3. The predicted molar refractivity (Wildman–Crippen MR) is 80.1 cm³/mol. The van der Waals surface area contributed by atoms with Crippen molar-refractivity contribution in [2.24, 2.45) is 0 Å². The van der Waals surface area contributed by atoms with E-state index in [1.54, 1.807) is 5.48 Å². The third kappa shape index (κ3) is 5.17. The van der Waals surface area contributed by atoms with E-state index < -0.39 is 12.0 Å². The van der Waals surface area contributed by atoms with Crippen molar-refractivity contribution in [2.75, 3.05) is 29.7 Å². The highest BCUT2D eigenvalue weighted by molar-refractivity contribution is 6.18. The topological polar surface area (TPSA) is 72.8 Å². The molecule has 0 aromatic heterocycles. The highest BCUT2D eigenvalue weighted by Gasteiger charge is 2.16. The number of nitrogens with zero attached hydrogens (tertiary/aromatic N) is 1. The van der Waals surface area contributed by atoms with E-state index >= 15 is 0 Å². The SMILES string of the molecule is O=C(O)C(Cc1ccc(N(CCCl)CCCl)cc1)NO. The first-order valence-corrected chi connectivity index (χ1v) is 7.27. The molecule has 0 saturated carbocycles. The van der Waals surface area contributed by atoms with Crippen LogP contribution in [0.15, 0.2) is 24.3 Å². The Hall–Kier alpha value is -1.01. The number of alkyl halides is 2. The zero-order valence-electron chi connectivity index (χ0n) is 10.9. The quantitative estimate of drug-likeness (QED) is 0.479. The van der Waals surface area contributed by atoms with Gasteiger partial charge >= 0.3 is 5.97 Å². The second-order valence-electron chi connectivity index (χ2n) is 4.26. The van der Waals surface area contributed by atoms with Gasteiger partial charge in [-0.15, -0.1) is 23.2 Å². The van der Waals surface area contributed by atoms with Gasteiger partial charge in [-0.25, -0.2) is 0 Å². The average Bonchev–Trinajstić information content (AvgIpc) is 2.45. The maximum Gasteiger partial charge on any atom is 0.323 e. The Kier molecular flexibility index (Phi) is 7.69. The molecular weight excluding hydrogens is 303 g/mol. The molecule has 0 fully saturated rings. The molecule has 0 spiro atoms. The van der Waals surface area contributed by atoms with Crippen molar-refractivity contribution in [2.45, 2.75) is 12.5 Å². The van der Waals surface area contributed by atoms with Crippen molar-refractivity contribution >= 4 is 34.9 Å². The van der Waals surface area contributed by atoms with Gasteiger partial charge in [0, 0.05) is 37.0 Å². The lowest BCUT2D eigenvalue weighted by Gasteiger charge is -2.23. The number of aliphatic carboxylic acids is 1. The van der Waals surface area contributed by atoms with E-state index in [2.05, 4.69) is 4.90 Å². The summed E-state index contributed by atoms with van der Waals surface area (Å²) in [5.41, 5.74) is 3.59. The summed E-state index contributed by atoms with van der Waals surface area (Å²) in [4.78, 5) is 12.9. The van der Waals surface area contributed by atoms with E-state index in [0.717, 1.165) is 11.3 Å². The Labute approximate surface area is 128 Å². The van der Waals surface area contributed by atoms with Crippen LogP contribution < -0.4 is 10.4 Å². The number of anilines is 1. The van der Waals surface area contributed by atoms with Gasteiger partial charge in [0.15, 0.2) is 0 Å². The van der Waals surface area contributed by atoms with Crippen LogP contribution in [0.2, 0.25) is 0 Å². The lowest BCUT2D eigenvalue weighted by Crippen LogP contribution is -2.36. The maximum absolute atomic E-state index is 10.8. The van der Waals surface area contributed by atoms with Crippen LogP contribution in [0.25, 0.3) is 0 Å². The molecule has 1 rings (SSSR count). The van der Waals surface area contributed by atoms with Crippen molar-refractivity contribution in [1.82, 2.24) is 5.48 Å². The van der Waals surface area contributed by atoms with Gasteiger partial charge in [-0.1, -0.05) is 12.1 Å². The van der Waals surface area contributed by atoms with Crippen LogP contribution in [0.1, 0.15) is 5.56 Å². The molecule has 1 aromatic carbocycles. The van der Waals surface area contributed by atoms with Gasteiger partial charge in [0.2, 0.25) is 0 Å². The molecule has 0 aliphatic carbocycles. The lowest BCUT2D eigenvalue weighted by atomic mass is 10.1. The van der Waals surface area contributed by atoms with E-state index in [9.17, 15) is 4.79 Å². The van der Waals surface area contributed by atoms with Crippen molar-refractivity contribution in [3.63, 3.8) is 0 Å². The molecule has 0 aliphatic heterocycles. The summed E-state index contributed by atoms with van der Waals surface area (Å²) in [6.45, 7) is 1.40. The molecular formula is C13H18Cl2N2O3. The fourth-order valence-corrected chi connectivity index (χ4v) is 2.25. The van der Waals surface area contributed by atoms with Crippen LogP contribution >= 0.6 is 23.2 Å². The van der Waals surface area contributed by atoms with E-state index in [0.29, 0.717) is 24.8 Å². The number of carboxylic acids is 1. The van der Waals surface area contributed by atoms with Crippen LogP contribution in [0.3, 0.4) is 0 Å². The van der Waals surface area contributed by atoms with Crippen LogP contribution in [0.4, 0.5) is 5.69 Å². The molecule has 0 heterocycles. The Morgan fingerprint density at radius 3 is 2.15 bits per heavy atom. The zero-order valence-corrected chi connectivity index (χ0v) is 12.4.